The predicted molar refractivity (Wildman–Crippen MR) is 59.0 cm³/mol. The number of hydrogen-bond donors (Lipinski definition) is 3. The van der Waals surface area contributed by atoms with E-state index in [2.05, 4.69) is 5.32 Å². The molecule has 1 rings (SSSR count). The fourth-order valence-electron chi connectivity index (χ4n) is 1.07. The molecule has 0 spiro atoms. The summed E-state index contributed by atoms with van der Waals surface area (Å²) in [5.74, 6) is -0.276. The maximum atomic E-state index is 10.4. The first-order valence-electron chi connectivity index (χ1n) is 4.48. The minimum atomic E-state index is -3.87. The maximum Gasteiger partial charge on any atom is 0.266 e. The number of nitrogen functional groups attached to an aromatic ring is 1. The molecule has 0 radical (unpaired) electrons. The Balaban J connectivity index is 2.29. The second-order valence-electron chi connectivity index (χ2n) is 3.20. The Kier molecular flexibility index (Phi) is 4.07. The van der Waals surface area contributed by atoms with Crippen molar-refractivity contribution in [2.24, 2.45) is 0 Å². The third-order valence-electron chi connectivity index (χ3n) is 1.85. The quantitative estimate of drug-likeness (QED) is 0.383. The molecule has 4 N–H and O–H groups in total. The molecule has 6 heteroatoms. The number of nitrogens with two attached hydrogens (primary N) is 1. The van der Waals surface area contributed by atoms with Crippen LogP contribution in [0.3, 0.4) is 0 Å². The van der Waals surface area contributed by atoms with Crippen LogP contribution in [0.25, 0.3) is 0 Å². The summed E-state index contributed by atoms with van der Waals surface area (Å²) in [6.45, 7) is 0.777. The fraction of sp³-hybridized carbons (Fsp3) is 0.333. The minimum Gasteiger partial charge on any atom is -0.399 e. The Hall–Kier alpha value is -1.11. The van der Waals surface area contributed by atoms with Crippen LogP contribution in [-0.2, 0) is 16.7 Å². The van der Waals surface area contributed by atoms with Crippen molar-refractivity contribution in [1.29, 1.82) is 0 Å². The first-order chi connectivity index (χ1) is 6.97. The summed E-state index contributed by atoms with van der Waals surface area (Å²) in [5.41, 5.74) is 7.21. The second kappa shape index (κ2) is 5.11. The molecule has 0 aliphatic carbocycles. The molecule has 0 bridgehead atoms. The van der Waals surface area contributed by atoms with Gasteiger partial charge in [-0.25, -0.2) is 0 Å². The van der Waals surface area contributed by atoms with E-state index in [1.807, 2.05) is 12.1 Å². The van der Waals surface area contributed by atoms with Gasteiger partial charge in [-0.3, -0.25) is 4.55 Å². The highest BCUT2D eigenvalue weighted by molar-refractivity contribution is 7.85. The molecular weight excluding hydrogens is 216 g/mol. The molecule has 84 valence electrons. The van der Waals surface area contributed by atoms with Crippen LogP contribution >= 0.6 is 0 Å². The lowest BCUT2D eigenvalue weighted by atomic mass is 10.2. The number of rotatable bonds is 5. The Morgan fingerprint density at radius 1 is 1.27 bits per heavy atom. The molecule has 0 aliphatic rings. The van der Waals surface area contributed by atoms with Gasteiger partial charge in [0.15, 0.2) is 0 Å². The largest absolute Gasteiger partial charge is 0.399 e. The van der Waals surface area contributed by atoms with Crippen molar-refractivity contribution in [2.75, 3.05) is 18.0 Å². The van der Waals surface area contributed by atoms with Gasteiger partial charge in [0.1, 0.15) is 0 Å². The fourth-order valence-corrected chi connectivity index (χ4v) is 1.47. The van der Waals surface area contributed by atoms with Crippen molar-refractivity contribution in [1.82, 2.24) is 5.32 Å². The molecule has 0 heterocycles. The van der Waals surface area contributed by atoms with Crippen molar-refractivity contribution in [3.8, 4) is 0 Å². The van der Waals surface area contributed by atoms with Gasteiger partial charge in [-0.05, 0) is 17.7 Å². The van der Waals surface area contributed by atoms with E-state index < -0.39 is 10.1 Å². The zero-order chi connectivity index (χ0) is 11.3. The van der Waals surface area contributed by atoms with Gasteiger partial charge in [-0.1, -0.05) is 12.1 Å². The van der Waals surface area contributed by atoms with Crippen molar-refractivity contribution in [3.05, 3.63) is 29.8 Å². The lowest BCUT2D eigenvalue weighted by Crippen LogP contribution is -2.22. The lowest BCUT2D eigenvalue weighted by Gasteiger charge is -2.03. The topological polar surface area (TPSA) is 92.4 Å². The van der Waals surface area contributed by atoms with E-state index in [0.717, 1.165) is 5.56 Å². The number of benzene rings is 1. The standard InChI is InChI=1S/C9H14N2O3S/c10-9-3-1-8(2-4-9)7-11-5-6-15(12,13)14/h1-4,11H,5-7,10H2,(H,12,13,14). The highest BCUT2D eigenvalue weighted by Crippen LogP contribution is 2.04. The first-order valence-corrected chi connectivity index (χ1v) is 6.08. The van der Waals surface area contributed by atoms with E-state index >= 15 is 0 Å². The van der Waals surface area contributed by atoms with Gasteiger partial charge >= 0.3 is 0 Å². The van der Waals surface area contributed by atoms with Crippen LogP contribution in [0.4, 0.5) is 5.69 Å². The molecule has 0 fully saturated rings. The summed E-state index contributed by atoms with van der Waals surface area (Å²) >= 11 is 0. The van der Waals surface area contributed by atoms with E-state index in [1.54, 1.807) is 12.1 Å². The monoisotopic (exact) mass is 230 g/mol. The summed E-state index contributed by atoms with van der Waals surface area (Å²) in [4.78, 5) is 0. The summed E-state index contributed by atoms with van der Waals surface area (Å²) in [6.07, 6.45) is 0. The molecule has 0 atom stereocenters. The number of nitrogens with one attached hydrogen (secondary N) is 1. The SMILES string of the molecule is Nc1ccc(CNCCS(=O)(=O)O)cc1. The maximum absolute atomic E-state index is 10.4. The van der Waals surface area contributed by atoms with Crippen LogP contribution < -0.4 is 11.1 Å². The second-order valence-corrected chi connectivity index (χ2v) is 4.78. The molecule has 0 saturated heterocycles. The first kappa shape index (κ1) is 12.0. The molecule has 1 aromatic carbocycles. The van der Waals surface area contributed by atoms with Gasteiger partial charge in [0, 0.05) is 18.8 Å². The molecular formula is C9H14N2O3S. The van der Waals surface area contributed by atoms with Crippen LogP contribution in [-0.4, -0.2) is 25.3 Å². The molecule has 0 aromatic heterocycles. The van der Waals surface area contributed by atoms with E-state index in [1.165, 1.54) is 0 Å². The van der Waals surface area contributed by atoms with Gasteiger partial charge in [0.25, 0.3) is 10.1 Å². The molecule has 0 saturated carbocycles. The molecule has 1 aromatic rings. The van der Waals surface area contributed by atoms with Crippen LogP contribution in [0.5, 0.6) is 0 Å². The molecule has 0 amide bonds. The van der Waals surface area contributed by atoms with Crippen LogP contribution in [0.15, 0.2) is 24.3 Å². The van der Waals surface area contributed by atoms with Crippen LogP contribution in [0.2, 0.25) is 0 Å². The average molecular weight is 230 g/mol. The van der Waals surface area contributed by atoms with Crippen molar-refractivity contribution >= 4 is 15.8 Å². The summed E-state index contributed by atoms with van der Waals surface area (Å²) in [7, 11) is -3.87. The lowest BCUT2D eigenvalue weighted by molar-refractivity contribution is 0.480. The molecule has 0 unspecified atom stereocenters. The highest BCUT2D eigenvalue weighted by atomic mass is 32.2. The molecule has 5 nitrogen and oxygen atoms in total. The number of hydrogen-bond acceptors (Lipinski definition) is 4. The third kappa shape index (κ3) is 5.36. The zero-order valence-electron chi connectivity index (χ0n) is 8.18. The summed E-state index contributed by atoms with van der Waals surface area (Å²) in [6, 6.07) is 7.27. The third-order valence-corrected chi connectivity index (χ3v) is 2.57. The Morgan fingerprint density at radius 2 is 1.87 bits per heavy atom. The van der Waals surface area contributed by atoms with Gasteiger partial charge in [-0.2, -0.15) is 8.42 Å². The van der Waals surface area contributed by atoms with E-state index in [4.69, 9.17) is 10.3 Å². The summed E-state index contributed by atoms with van der Waals surface area (Å²) in [5, 5.41) is 2.90. The van der Waals surface area contributed by atoms with Gasteiger partial charge < -0.3 is 11.1 Å². The highest BCUT2D eigenvalue weighted by Gasteiger charge is 2.02. The van der Waals surface area contributed by atoms with Crippen molar-refractivity contribution in [3.63, 3.8) is 0 Å². The van der Waals surface area contributed by atoms with Gasteiger partial charge in [0.2, 0.25) is 0 Å². The van der Waals surface area contributed by atoms with E-state index in [9.17, 15) is 8.42 Å². The normalized spacial score (nSPS) is 11.5. The molecule has 15 heavy (non-hydrogen) atoms. The zero-order valence-corrected chi connectivity index (χ0v) is 9.00. The Labute approximate surface area is 89.0 Å². The predicted octanol–water partition coefficient (Wildman–Crippen LogP) is 0.246. The molecule has 0 aliphatic heterocycles. The van der Waals surface area contributed by atoms with E-state index in [-0.39, 0.29) is 12.3 Å². The Bertz CT molecular complexity index is 400. The average Bonchev–Trinajstić information content (AvgIpc) is 2.14. The van der Waals surface area contributed by atoms with Gasteiger partial charge in [-0.15, -0.1) is 0 Å². The van der Waals surface area contributed by atoms with Crippen molar-refractivity contribution in [2.45, 2.75) is 6.54 Å². The number of anilines is 1. The van der Waals surface area contributed by atoms with Crippen molar-refractivity contribution < 1.29 is 13.0 Å². The van der Waals surface area contributed by atoms with Crippen LogP contribution in [0.1, 0.15) is 5.56 Å². The van der Waals surface area contributed by atoms with Gasteiger partial charge in [0.05, 0.1) is 5.75 Å². The minimum absolute atomic E-state index is 0.225. The summed E-state index contributed by atoms with van der Waals surface area (Å²) < 4.78 is 29.2. The Morgan fingerprint density at radius 3 is 2.40 bits per heavy atom. The van der Waals surface area contributed by atoms with E-state index in [0.29, 0.717) is 12.2 Å². The smallest absolute Gasteiger partial charge is 0.266 e. The van der Waals surface area contributed by atoms with Crippen LogP contribution in [0, 0.1) is 0 Å².